The lowest BCUT2D eigenvalue weighted by Gasteiger charge is -2.17. The summed E-state index contributed by atoms with van der Waals surface area (Å²) >= 11 is 0. The third kappa shape index (κ3) is 3.05. The SMILES string of the molecule is O=C(NC[C@H]1CC(=O)N(C2CC2)C1)N[C@H]1CCc2ccccc21. The van der Waals surface area contributed by atoms with E-state index in [1.165, 1.54) is 11.1 Å². The van der Waals surface area contributed by atoms with Crippen molar-refractivity contribution >= 4 is 11.9 Å². The minimum Gasteiger partial charge on any atom is -0.339 e. The lowest BCUT2D eigenvalue weighted by atomic mass is 10.1. The Morgan fingerprint density at radius 3 is 2.87 bits per heavy atom. The molecule has 0 bridgehead atoms. The van der Waals surface area contributed by atoms with E-state index in [0.717, 1.165) is 32.2 Å². The van der Waals surface area contributed by atoms with Gasteiger partial charge in [0.15, 0.2) is 0 Å². The first kappa shape index (κ1) is 14.5. The number of nitrogens with zero attached hydrogens (tertiary/aromatic N) is 1. The van der Waals surface area contributed by atoms with Gasteiger partial charge in [-0.1, -0.05) is 24.3 Å². The minimum absolute atomic E-state index is 0.111. The fraction of sp³-hybridized carbons (Fsp3) is 0.556. The van der Waals surface area contributed by atoms with Crippen LogP contribution in [0.25, 0.3) is 0 Å². The molecule has 1 aliphatic heterocycles. The Kier molecular flexibility index (Phi) is 3.71. The van der Waals surface area contributed by atoms with Crippen LogP contribution < -0.4 is 10.6 Å². The highest BCUT2D eigenvalue weighted by Crippen LogP contribution is 2.32. The largest absolute Gasteiger partial charge is 0.339 e. The highest BCUT2D eigenvalue weighted by atomic mass is 16.2. The first-order valence-corrected chi connectivity index (χ1v) is 8.62. The van der Waals surface area contributed by atoms with Crippen molar-refractivity contribution in [1.82, 2.24) is 15.5 Å². The second kappa shape index (κ2) is 5.87. The number of hydrogen-bond acceptors (Lipinski definition) is 2. The Hall–Kier alpha value is -2.04. The second-order valence-electron chi connectivity index (χ2n) is 6.99. The van der Waals surface area contributed by atoms with Gasteiger partial charge in [-0.15, -0.1) is 0 Å². The second-order valence-corrected chi connectivity index (χ2v) is 6.99. The predicted molar refractivity (Wildman–Crippen MR) is 86.9 cm³/mol. The van der Waals surface area contributed by atoms with Crippen molar-refractivity contribution in [3.05, 3.63) is 35.4 Å². The maximum atomic E-state index is 12.2. The molecule has 4 rings (SSSR count). The number of fused-ring (bicyclic) bond motifs is 1. The molecule has 5 nitrogen and oxygen atoms in total. The van der Waals surface area contributed by atoms with Crippen LogP contribution >= 0.6 is 0 Å². The quantitative estimate of drug-likeness (QED) is 0.893. The zero-order chi connectivity index (χ0) is 15.8. The molecule has 2 atom stereocenters. The van der Waals surface area contributed by atoms with Crippen molar-refractivity contribution in [2.24, 2.45) is 5.92 Å². The smallest absolute Gasteiger partial charge is 0.315 e. The van der Waals surface area contributed by atoms with Crippen molar-refractivity contribution in [3.63, 3.8) is 0 Å². The molecule has 3 aliphatic rings. The van der Waals surface area contributed by atoms with Crippen LogP contribution in [-0.2, 0) is 11.2 Å². The average Bonchev–Trinajstić information content (AvgIpc) is 3.22. The summed E-state index contributed by atoms with van der Waals surface area (Å²) in [7, 11) is 0. The average molecular weight is 313 g/mol. The van der Waals surface area contributed by atoms with Crippen LogP contribution in [-0.4, -0.2) is 36.0 Å². The number of nitrogens with one attached hydrogen (secondary N) is 2. The van der Waals surface area contributed by atoms with Gasteiger partial charge in [-0.05, 0) is 36.8 Å². The summed E-state index contributed by atoms with van der Waals surface area (Å²) in [5.74, 6) is 0.508. The third-order valence-corrected chi connectivity index (χ3v) is 5.22. The Morgan fingerprint density at radius 1 is 1.22 bits per heavy atom. The zero-order valence-electron chi connectivity index (χ0n) is 13.3. The molecular formula is C18H23N3O2. The number of carbonyl (C=O) groups is 2. The van der Waals surface area contributed by atoms with Gasteiger partial charge in [-0.25, -0.2) is 4.79 Å². The van der Waals surface area contributed by atoms with E-state index in [2.05, 4.69) is 22.8 Å². The molecule has 1 saturated heterocycles. The number of aryl methyl sites for hydroxylation is 1. The summed E-state index contributed by atoms with van der Waals surface area (Å²) in [5.41, 5.74) is 2.57. The molecule has 1 heterocycles. The molecule has 3 amide bonds. The number of amides is 3. The van der Waals surface area contributed by atoms with Crippen molar-refractivity contribution in [2.75, 3.05) is 13.1 Å². The molecule has 1 saturated carbocycles. The van der Waals surface area contributed by atoms with Crippen LogP contribution in [0.4, 0.5) is 4.79 Å². The number of carbonyl (C=O) groups excluding carboxylic acids is 2. The van der Waals surface area contributed by atoms with Gasteiger partial charge in [-0.3, -0.25) is 4.79 Å². The van der Waals surface area contributed by atoms with Gasteiger partial charge in [0.2, 0.25) is 5.91 Å². The van der Waals surface area contributed by atoms with E-state index >= 15 is 0 Å². The van der Waals surface area contributed by atoms with Crippen molar-refractivity contribution in [2.45, 2.75) is 44.2 Å². The van der Waals surface area contributed by atoms with E-state index in [4.69, 9.17) is 0 Å². The summed E-state index contributed by atoms with van der Waals surface area (Å²) in [6, 6.07) is 8.76. The Bertz CT molecular complexity index is 626. The number of urea groups is 1. The maximum absolute atomic E-state index is 12.2. The van der Waals surface area contributed by atoms with Crippen molar-refractivity contribution in [3.8, 4) is 0 Å². The molecule has 0 radical (unpaired) electrons. The highest BCUT2D eigenvalue weighted by molar-refractivity contribution is 5.79. The Morgan fingerprint density at radius 2 is 2.04 bits per heavy atom. The molecule has 23 heavy (non-hydrogen) atoms. The lowest BCUT2D eigenvalue weighted by Crippen LogP contribution is -2.40. The number of rotatable bonds is 4. The highest BCUT2D eigenvalue weighted by Gasteiger charge is 2.39. The fourth-order valence-electron chi connectivity index (χ4n) is 3.84. The van der Waals surface area contributed by atoms with Gasteiger partial charge in [0.05, 0.1) is 6.04 Å². The molecule has 1 aromatic rings. The maximum Gasteiger partial charge on any atom is 0.315 e. The van der Waals surface area contributed by atoms with E-state index in [9.17, 15) is 9.59 Å². The molecule has 2 aliphatic carbocycles. The Balaban J connectivity index is 1.26. The van der Waals surface area contributed by atoms with Gasteiger partial charge in [0.1, 0.15) is 0 Å². The normalized spacial score (nSPS) is 26.3. The number of likely N-dealkylation sites (tertiary alicyclic amines) is 1. The van der Waals surface area contributed by atoms with Gasteiger partial charge in [0.25, 0.3) is 0 Å². The van der Waals surface area contributed by atoms with Crippen LogP contribution in [0.15, 0.2) is 24.3 Å². The molecular weight excluding hydrogens is 290 g/mol. The van der Waals surface area contributed by atoms with E-state index < -0.39 is 0 Å². The summed E-state index contributed by atoms with van der Waals surface area (Å²) in [6.07, 6.45) is 4.85. The molecule has 0 spiro atoms. The van der Waals surface area contributed by atoms with Crippen molar-refractivity contribution in [1.29, 1.82) is 0 Å². The van der Waals surface area contributed by atoms with Gasteiger partial charge in [0, 0.05) is 31.5 Å². The summed E-state index contributed by atoms with van der Waals surface area (Å²) < 4.78 is 0. The monoisotopic (exact) mass is 313 g/mol. The third-order valence-electron chi connectivity index (χ3n) is 5.22. The zero-order valence-corrected chi connectivity index (χ0v) is 13.3. The van der Waals surface area contributed by atoms with Crippen LogP contribution in [0.1, 0.15) is 42.9 Å². The Labute approximate surface area is 136 Å². The molecule has 2 N–H and O–H groups in total. The van der Waals surface area contributed by atoms with E-state index in [1.54, 1.807) is 0 Å². The predicted octanol–water partition coefficient (Wildman–Crippen LogP) is 1.98. The molecule has 0 aromatic heterocycles. The summed E-state index contributed by atoms with van der Waals surface area (Å²) in [6.45, 7) is 1.38. The van der Waals surface area contributed by atoms with Gasteiger partial charge in [-0.2, -0.15) is 0 Å². The molecule has 1 aromatic carbocycles. The van der Waals surface area contributed by atoms with Gasteiger partial charge >= 0.3 is 6.03 Å². The minimum atomic E-state index is -0.121. The van der Waals surface area contributed by atoms with Crippen molar-refractivity contribution < 1.29 is 9.59 Å². The van der Waals surface area contributed by atoms with Crippen LogP contribution in [0.3, 0.4) is 0 Å². The topological polar surface area (TPSA) is 61.4 Å². The number of benzene rings is 1. The first-order chi connectivity index (χ1) is 11.2. The van der Waals surface area contributed by atoms with E-state index in [-0.39, 0.29) is 23.9 Å². The lowest BCUT2D eigenvalue weighted by molar-refractivity contribution is -0.128. The summed E-state index contributed by atoms with van der Waals surface area (Å²) in [4.78, 5) is 26.1. The molecule has 122 valence electrons. The molecule has 5 heteroatoms. The first-order valence-electron chi connectivity index (χ1n) is 8.62. The molecule has 0 unspecified atom stereocenters. The fourth-order valence-corrected chi connectivity index (χ4v) is 3.84. The molecule has 2 fully saturated rings. The standard InChI is InChI=1S/C18H23N3O2/c22-17-9-12(11-21(17)14-6-7-14)10-19-18(23)20-16-8-5-13-3-1-2-4-15(13)16/h1-4,12,14,16H,5-11H2,(H2,19,20,23)/t12-,16+/m1/s1. The van der Waals surface area contributed by atoms with Crippen LogP contribution in [0, 0.1) is 5.92 Å². The number of hydrogen-bond donors (Lipinski definition) is 2. The van der Waals surface area contributed by atoms with Crippen LogP contribution in [0.5, 0.6) is 0 Å². The van der Waals surface area contributed by atoms with Crippen LogP contribution in [0.2, 0.25) is 0 Å². The van der Waals surface area contributed by atoms with E-state index in [0.29, 0.717) is 19.0 Å². The van der Waals surface area contributed by atoms with Gasteiger partial charge < -0.3 is 15.5 Å². The summed E-state index contributed by atoms with van der Waals surface area (Å²) in [5, 5.41) is 6.02. The van der Waals surface area contributed by atoms with E-state index in [1.807, 2.05) is 17.0 Å².